The Bertz CT molecular complexity index is 413. The maximum Gasteiger partial charge on any atom is 0.387 e. The van der Waals surface area contributed by atoms with Crippen LogP contribution in [-0.2, 0) is 11.3 Å². The number of ether oxygens (including phenoxy) is 2. The van der Waals surface area contributed by atoms with Crippen LogP contribution in [-0.4, -0.2) is 26.2 Å². The molecule has 1 aromatic rings. The molecule has 0 aliphatic heterocycles. The summed E-state index contributed by atoms with van der Waals surface area (Å²) in [5.41, 5.74) is 5.51. The Morgan fingerprint density at radius 2 is 2.22 bits per heavy atom. The van der Waals surface area contributed by atoms with Crippen LogP contribution in [0.2, 0.25) is 0 Å². The van der Waals surface area contributed by atoms with Crippen LogP contribution >= 0.6 is 0 Å². The number of alkyl halides is 2. The first-order chi connectivity index (χ1) is 8.56. The molecule has 0 aliphatic carbocycles. The molecule has 18 heavy (non-hydrogen) atoms. The fourth-order valence-electron chi connectivity index (χ4n) is 1.30. The normalized spacial score (nSPS) is 10.3. The average molecular weight is 260 g/mol. The number of nitrogens with one attached hydrogen (secondary N) is 1. The van der Waals surface area contributed by atoms with Gasteiger partial charge in [-0.2, -0.15) is 8.78 Å². The molecule has 1 amide bonds. The Hall–Kier alpha value is -1.89. The van der Waals surface area contributed by atoms with Crippen molar-refractivity contribution < 1.29 is 23.0 Å². The standard InChI is InChI=1S/C11H14F2N2O3/c1-17-8-2-3-9(18-11(12)13)7(4-8)6-15-10(16)5-14/h2-4,11H,5-6,14H2,1H3,(H,15,16). The van der Waals surface area contributed by atoms with Gasteiger partial charge in [-0.15, -0.1) is 0 Å². The van der Waals surface area contributed by atoms with Gasteiger partial charge in [0.2, 0.25) is 5.91 Å². The first-order valence-corrected chi connectivity index (χ1v) is 5.15. The maximum atomic E-state index is 12.2. The molecule has 7 heteroatoms. The summed E-state index contributed by atoms with van der Waals surface area (Å²) in [5.74, 6) is 0.0811. The third-order valence-electron chi connectivity index (χ3n) is 2.15. The number of rotatable bonds is 6. The monoisotopic (exact) mass is 260 g/mol. The van der Waals surface area contributed by atoms with Gasteiger partial charge in [-0.1, -0.05) is 0 Å². The molecule has 0 saturated carbocycles. The van der Waals surface area contributed by atoms with Gasteiger partial charge >= 0.3 is 6.61 Å². The molecule has 1 aromatic carbocycles. The lowest BCUT2D eigenvalue weighted by atomic mass is 10.2. The van der Waals surface area contributed by atoms with Gasteiger partial charge in [-0.3, -0.25) is 4.79 Å². The molecule has 0 radical (unpaired) electrons. The van der Waals surface area contributed by atoms with E-state index in [-0.39, 0.29) is 24.7 Å². The fraction of sp³-hybridized carbons (Fsp3) is 0.364. The summed E-state index contributed by atoms with van der Waals surface area (Å²) in [6.45, 7) is -3.06. The third-order valence-corrected chi connectivity index (χ3v) is 2.15. The lowest BCUT2D eigenvalue weighted by Gasteiger charge is -2.12. The quantitative estimate of drug-likeness (QED) is 0.796. The number of amides is 1. The van der Waals surface area contributed by atoms with E-state index in [9.17, 15) is 13.6 Å². The number of methoxy groups -OCH3 is 1. The third kappa shape index (κ3) is 4.17. The number of benzene rings is 1. The van der Waals surface area contributed by atoms with Crippen molar-refractivity contribution in [1.29, 1.82) is 0 Å². The van der Waals surface area contributed by atoms with Gasteiger partial charge in [0.05, 0.1) is 13.7 Å². The molecule has 0 spiro atoms. The number of carbonyl (C=O) groups is 1. The fourth-order valence-corrected chi connectivity index (χ4v) is 1.30. The lowest BCUT2D eigenvalue weighted by molar-refractivity contribution is -0.119. The molecule has 5 nitrogen and oxygen atoms in total. The van der Waals surface area contributed by atoms with Crippen molar-refractivity contribution in [2.75, 3.05) is 13.7 Å². The van der Waals surface area contributed by atoms with E-state index < -0.39 is 6.61 Å². The van der Waals surface area contributed by atoms with Crippen molar-refractivity contribution in [3.8, 4) is 11.5 Å². The Kier molecular flexibility index (Phi) is 5.31. The van der Waals surface area contributed by atoms with Crippen molar-refractivity contribution in [2.24, 2.45) is 5.73 Å². The minimum Gasteiger partial charge on any atom is -0.497 e. The Balaban J connectivity index is 2.85. The summed E-state index contributed by atoms with van der Waals surface area (Å²) in [4.78, 5) is 11.0. The first-order valence-electron chi connectivity index (χ1n) is 5.15. The predicted octanol–water partition coefficient (Wildman–Crippen LogP) is 0.871. The predicted molar refractivity (Wildman–Crippen MR) is 60.5 cm³/mol. The van der Waals surface area contributed by atoms with Crippen LogP contribution in [0.15, 0.2) is 18.2 Å². The molecule has 0 fully saturated rings. The summed E-state index contributed by atoms with van der Waals surface area (Å²) < 4.78 is 33.7. The van der Waals surface area contributed by atoms with Crippen molar-refractivity contribution in [3.05, 3.63) is 23.8 Å². The molecular formula is C11H14F2N2O3. The van der Waals surface area contributed by atoms with Crippen LogP contribution in [0.1, 0.15) is 5.56 Å². The van der Waals surface area contributed by atoms with E-state index in [1.165, 1.54) is 25.3 Å². The van der Waals surface area contributed by atoms with E-state index in [4.69, 9.17) is 10.5 Å². The van der Waals surface area contributed by atoms with Crippen molar-refractivity contribution >= 4 is 5.91 Å². The topological polar surface area (TPSA) is 73.6 Å². The summed E-state index contributed by atoms with van der Waals surface area (Å²) in [7, 11) is 1.45. The molecule has 0 saturated heterocycles. The first kappa shape index (κ1) is 14.2. The number of halogens is 2. The minimum atomic E-state index is -2.93. The molecule has 100 valence electrons. The zero-order valence-electron chi connectivity index (χ0n) is 9.78. The van der Waals surface area contributed by atoms with E-state index >= 15 is 0 Å². The Labute approximate surface area is 103 Å². The minimum absolute atomic E-state index is 0.0110. The number of hydrogen-bond acceptors (Lipinski definition) is 4. The van der Waals surface area contributed by atoms with Crippen LogP contribution in [0.25, 0.3) is 0 Å². The number of nitrogens with two attached hydrogens (primary N) is 1. The van der Waals surface area contributed by atoms with E-state index in [0.717, 1.165) is 0 Å². The molecule has 0 aliphatic rings. The molecule has 0 bridgehead atoms. The second kappa shape index (κ2) is 6.75. The second-order valence-corrected chi connectivity index (χ2v) is 3.33. The summed E-state index contributed by atoms with van der Waals surface area (Å²) in [6, 6.07) is 4.36. The zero-order valence-corrected chi connectivity index (χ0v) is 9.78. The average Bonchev–Trinajstić information content (AvgIpc) is 2.36. The van der Waals surface area contributed by atoms with Gasteiger partial charge in [-0.25, -0.2) is 0 Å². The van der Waals surface area contributed by atoms with Crippen molar-refractivity contribution in [3.63, 3.8) is 0 Å². The highest BCUT2D eigenvalue weighted by Gasteiger charge is 2.11. The smallest absolute Gasteiger partial charge is 0.387 e. The Morgan fingerprint density at radius 1 is 1.50 bits per heavy atom. The van der Waals surface area contributed by atoms with Crippen LogP contribution in [0.4, 0.5) is 8.78 Å². The van der Waals surface area contributed by atoms with Crippen LogP contribution < -0.4 is 20.5 Å². The van der Waals surface area contributed by atoms with Gasteiger partial charge in [0.15, 0.2) is 0 Å². The Morgan fingerprint density at radius 3 is 2.78 bits per heavy atom. The molecule has 3 N–H and O–H groups in total. The molecular weight excluding hydrogens is 246 g/mol. The zero-order chi connectivity index (χ0) is 13.5. The van der Waals surface area contributed by atoms with Crippen LogP contribution in [0.5, 0.6) is 11.5 Å². The van der Waals surface area contributed by atoms with E-state index in [2.05, 4.69) is 10.1 Å². The molecule has 0 unspecified atom stereocenters. The van der Waals surface area contributed by atoms with E-state index in [0.29, 0.717) is 11.3 Å². The van der Waals surface area contributed by atoms with Crippen molar-refractivity contribution in [1.82, 2.24) is 5.32 Å². The summed E-state index contributed by atoms with van der Waals surface area (Å²) >= 11 is 0. The van der Waals surface area contributed by atoms with Gasteiger partial charge < -0.3 is 20.5 Å². The van der Waals surface area contributed by atoms with Crippen LogP contribution in [0.3, 0.4) is 0 Å². The SMILES string of the molecule is COc1ccc(OC(F)F)c(CNC(=O)CN)c1. The lowest BCUT2D eigenvalue weighted by Crippen LogP contribution is -2.29. The highest BCUT2D eigenvalue weighted by molar-refractivity contribution is 5.77. The highest BCUT2D eigenvalue weighted by atomic mass is 19.3. The van der Waals surface area contributed by atoms with Crippen LogP contribution in [0, 0.1) is 0 Å². The molecule has 0 heterocycles. The molecule has 0 aromatic heterocycles. The summed E-state index contributed by atoms with van der Waals surface area (Å²) in [5, 5.41) is 2.47. The van der Waals surface area contributed by atoms with Gasteiger partial charge in [0.1, 0.15) is 11.5 Å². The van der Waals surface area contributed by atoms with Crippen molar-refractivity contribution in [2.45, 2.75) is 13.2 Å². The number of carbonyl (C=O) groups excluding carboxylic acids is 1. The largest absolute Gasteiger partial charge is 0.497 e. The second-order valence-electron chi connectivity index (χ2n) is 3.33. The van der Waals surface area contributed by atoms with Gasteiger partial charge in [0, 0.05) is 12.1 Å². The highest BCUT2D eigenvalue weighted by Crippen LogP contribution is 2.25. The van der Waals surface area contributed by atoms with E-state index in [1.807, 2.05) is 0 Å². The van der Waals surface area contributed by atoms with E-state index in [1.54, 1.807) is 0 Å². The van der Waals surface area contributed by atoms with Gasteiger partial charge in [0.25, 0.3) is 0 Å². The van der Waals surface area contributed by atoms with Gasteiger partial charge in [-0.05, 0) is 18.2 Å². The molecule has 0 atom stereocenters. The summed E-state index contributed by atoms with van der Waals surface area (Å²) in [6.07, 6.45) is 0. The maximum absolute atomic E-state index is 12.2. The number of hydrogen-bond donors (Lipinski definition) is 2. The molecule has 1 rings (SSSR count).